The van der Waals surface area contributed by atoms with Gasteiger partial charge < -0.3 is 10.2 Å². The molecule has 0 radical (unpaired) electrons. The molecule has 1 aromatic heterocycles. The predicted molar refractivity (Wildman–Crippen MR) is 110 cm³/mol. The molecular weight excluding hydrogens is 360 g/mol. The number of carbonyl (C=O) groups is 1. The average molecular weight is 389 g/mol. The molecule has 0 saturated carbocycles. The summed E-state index contributed by atoms with van der Waals surface area (Å²) in [7, 11) is 0. The highest BCUT2D eigenvalue weighted by molar-refractivity contribution is 5.94. The van der Waals surface area contributed by atoms with E-state index in [4.69, 9.17) is 5.10 Å². The van der Waals surface area contributed by atoms with Crippen LogP contribution in [0.4, 0.5) is 0 Å². The fourth-order valence-electron chi connectivity index (χ4n) is 4.33. The summed E-state index contributed by atoms with van der Waals surface area (Å²) in [4.78, 5) is 15.3. The van der Waals surface area contributed by atoms with Crippen molar-refractivity contribution in [3.8, 4) is 5.69 Å². The number of aryl methyl sites for hydroxylation is 2. The highest BCUT2D eigenvalue weighted by atomic mass is 35.5. The maximum absolute atomic E-state index is 13.3. The molecular formula is C21H29ClN4O. The Morgan fingerprint density at radius 2 is 2.00 bits per heavy atom. The number of nitrogens with zero attached hydrogens (tertiary/aromatic N) is 3. The molecule has 5 nitrogen and oxygen atoms in total. The second-order valence-corrected chi connectivity index (χ2v) is 7.81. The third-order valence-electron chi connectivity index (χ3n) is 6.01. The molecule has 1 saturated heterocycles. The summed E-state index contributed by atoms with van der Waals surface area (Å²) in [5, 5.41) is 8.28. The number of fused-ring (bicyclic) bond motifs is 1. The zero-order valence-electron chi connectivity index (χ0n) is 16.6. The molecule has 4 rings (SSSR count). The maximum Gasteiger partial charge on any atom is 0.275 e. The van der Waals surface area contributed by atoms with E-state index in [2.05, 4.69) is 51.2 Å². The van der Waals surface area contributed by atoms with Crippen LogP contribution in [0, 0.1) is 13.8 Å². The Bertz CT molecular complexity index is 860. The Labute approximate surface area is 167 Å². The minimum atomic E-state index is 0. The summed E-state index contributed by atoms with van der Waals surface area (Å²) >= 11 is 0. The van der Waals surface area contributed by atoms with E-state index in [1.165, 1.54) is 16.8 Å². The number of carbonyl (C=O) groups excluding carboxylic acids is 1. The minimum Gasteiger partial charge on any atom is -0.332 e. The van der Waals surface area contributed by atoms with Gasteiger partial charge in [0.25, 0.3) is 5.91 Å². The summed E-state index contributed by atoms with van der Waals surface area (Å²) in [5.74, 6) is 0.0903. The van der Waals surface area contributed by atoms with Gasteiger partial charge in [0.15, 0.2) is 5.69 Å². The average Bonchev–Trinajstić information content (AvgIpc) is 3.20. The van der Waals surface area contributed by atoms with Crippen LogP contribution >= 0.6 is 12.4 Å². The fourth-order valence-corrected chi connectivity index (χ4v) is 4.33. The molecule has 27 heavy (non-hydrogen) atoms. The van der Waals surface area contributed by atoms with E-state index in [0.717, 1.165) is 43.6 Å². The molecule has 1 aliphatic heterocycles. The van der Waals surface area contributed by atoms with E-state index in [0.29, 0.717) is 11.7 Å². The lowest BCUT2D eigenvalue weighted by molar-refractivity contribution is 0.0595. The number of rotatable bonds is 2. The molecule has 146 valence electrons. The number of piperazine rings is 1. The monoisotopic (exact) mass is 388 g/mol. The standard InChI is InChI=1S/C21H28N4O.ClH/c1-13-8-9-18(14(2)12-13)25-19-7-5-6-17(19)20(23-25)21(26)24-11-10-22-15(3)16(24)4;/h8-9,12,15-16,22H,5-7,10-11H2,1-4H3;1H. The van der Waals surface area contributed by atoms with Gasteiger partial charge >= 0.3 is 0 Å². The van der Waals surface area contributed by atoms with E-state index in [9.17, 15) is 4.79 Å². The summed E-state index contributed by atoms with van der Waals surface area (Å²) in [6.07, 6.45) is 3.06. The highest BCUT2D eigenvalue weighted by Gasteiger charge is 2.34. The Kier molecular flexibility index (Phi) is 5.63. The van der Waals surface area contributed by atoms with Gasteiger partial charge in [0.1, 0.15) is 0 Å². The lowest BCUT2D eigenvalue weighted by Gasteiger charge is -2.38. The smallest absolute Gasteiger partial charge is 0.275 e. The van der Waals surface area contributed by atoms with E-state index in [-0.39, 0.29) is 24.4 Å². The molecule has 1 amide bonds. The molecule has 1 fully saturated rings. The highest BCUT2D eigenvalue weighted by Crippen LogP contribution is 2.30. The summed E-state index contributed by atoms with van der Waals surface area (Å²) in [6.45, 7) is 10.1. The summed E-state index contributed by atoms with van der Waals surface area (Å²) in [5.41, 5.74) is 6.58. The first-order chi connectivity index (χ1) is 12.5. The van der Waals surface area contributed by atoms with Crippen molar-refractivity contribution in [3.05, 3.63) is 46.3 Å². The number of halogens is 1. The van der Waals surface area contributed by atoms with Crippen molar-refractivity contribution in [2.75, 3.05) is 13.1 Å². The maximum atomic E-state index is 13.3. The van der Waals surface area contributed by atoms with Crippen LogP contribution in [0.25, 0.3) is 5.69 Å². The second kappa shape index (κ2) is 7.64. The van der Waals surface area contributed by atoms with Crippen molar-refractivity contribution in [2.45, 2.75) is 59.0 Å². The van der Waals surface area contributed by atoms with Gasteiger partial charge in [-0.1, -0.05) is 17.7 Å². The van der Waals surface area contributed by atoms with Gasteiger partial charge in [0, 0.05) is 36.4 Å². The third kappa shape index (κ3) is 3.39. The number of nitrogens with one attached hydrogen (secondary N) is 1. The molecule has 2 aliphatic rings. The fraction of sp³-hybridized carbons (Fsp3) is 0.524. The van der Waals surface area contributed by atoms with Crippen LogP contribution in [0.5, 0.6) is 0 Å². The van der Waals surface area contributed by atoms with E-state index < -0.39 is 0 Å². The van der Waals surface area contributed by atoms with Crippen LogP contribution in [0.1, 0.15) is 53.1 Å². The van der Waals surface area contributed by atoms with Crippen molar-refractivity contribution in [2.24, 2.45) is 0 Å². The van der Waals surface area contributed by atoms with E-state index in [1.54, 1.807) is 0 Å². The summed E-state index contributed by atoms with van der Waals surface area (Å²) < 4.78 is 2.03. The SMILES string of the molecule is Cc1ccc(-n2nc(C(=O)N3CCNC(C)C3C)c3c2CCC3)c(C)c1.Cl. The van der Waals surface area contributed by atoms with Crippen LogP contribution in [-0.4, -0.2) is 45.8 Å². The number of aromatic nitrogens is 2. The van der Waals surface area contributed by atoms with Crippen molar-refractivity contribution in [1.82, 2.24) is 20.0 Å². The molecule has 0 bridgehead atoms. The largest absolute Gasteiger partial charge is 0.332 e. The Hall–Kier alpha value is -1.85. The third-order valence-corrected chi connectivity index (χ3v) is 6.01. The molecule has 1 aromatic carbocycles. The Morgan fingerprint density at radius 3 is 2.74 bits per heavy atom. The molecule has 0 spiro atoms. The number of benzene rings is 1. The van der Waals surface area contributed by atoms with Crippen LogP contribution in [0.15, 0.2) is 18.2 Å². The second-order valence-electron chi connectivity index (χ2n) is 7.81. The predicted octanol–water partition coefficient (Wildman–Crippen LogP) is 3.22. The normalized spacial score (nSPS) is 21.7. The molecule has 2 unspecified atom stereocenters. The van der Waals surface area contributed by atoms with Gasteiger partial charge in [0.05, 0.1) is 5.69 Å². The summed E-state index contributed by atoms with van der Waals surface area (Å²) in [6, 6.07) is 6.91. The molecule has 2 atom stereocenters. The lowest BCUT2D eigenvalue weighted by Crippen LogP contribution is -2.57. The van der Waals surface area contributed by atoms with E-state index >= 15 is 0 Å². The van der Waals surface area contributed by atoms with Crippen molar-refractivity contribution < 1.29 is 4.79 Å². The van der Waals surface area contributed by atoms with Crippen LogP contribution in [0.2, 0.25) is 0 Å². The number of hydrogen-bond donors (Lipinski definition) is 1. The first-order valence-electron chi connectivity index (χ1n) is 9.70. The van der Waals surface area contributed by atoms with Crippen LogP contribution in [0.3, 0.4) is 0 Å². The first kappa shape index (κ1) is 19.9. The van der Waals surface area contributed by atoms with Gasteiger partial charge in [-0.15, -0.1) is 12.4 Å². The molecule has 6 heteroatoms. The van der Waals surface area contributed by atoms with Gasteiger partial charge in [-0.3, -0.25) is 4.79 Å². The number of hydrogen-bond acceptors (Lipinski definition) is 3. The van der Waals surface area contributed by atoms with Gasteiger partial charge in [-0.2, -0.15) is 5.10 Å². The van der Waals surface area contributed by atoms with Gasteiger partial charge in [-0.25, -0.2) is 4.68 Å². The van der Waals surface area contributed by atoms with Crippen LogP contribution < -0.4 is 5.32 Å². The van der Waals surface area contributed by atoms with Crippen molar-refractivity contribution >= 4 is 18.3 Å². The molecule has 2 aromatic rings. The molecule has 2 heterocycles. The van der Waals surface area contributed by atoms with E-state index in [1.807, 2.05) is 9.58 Å². The molecule has 1 aliphatic carbocycles. The zero-order valence-corrected chi connectivity index (χ0v) is 17.4. The van der Waals surface area contributed by atoms with Crippen LogP contribution in [-0.2, 0) is 12.8 Å². The van der Waals surface area contributed by atoms with Gasteiger partial charge in [-0.05, 0) is 58.6 Å². The topological polar surface area (TPSA) is 50.2 Å². The quantitative estimate of drug-likeness (QED) is 0.859. The van der Waals surface area contributed by atoms with Crippen molar-refractivity contribution in [1.29, 1.82) is 0 Å². The van der Waals surface area contributed by atoms with Gasteiger partial charge in [0.2, 0.25) is 0 Å². The number of amides is 1. The lowest BCUT2D eigenvalue weighted by atomic mass is 10.1. The first-order valence-corrected chi connectivity index (χ1v) is 9.70. The zero-order chi connectivity index (χ0) is 18.4. The van der Waals surface area contributed by atoms with Crippen molar-refractivity contribution in [3.63, 3.8) is 0 Å². The minimum absolute atomic E-state index is 0. The molecule has 1 N–H and O–H groups in total. The Balaban J connectivity index is 0.00000210. The Morgan fingerprint density at radius 1 is 1.22 bits per heavy atom.